The van der Waals surface area contributed by atoms with Crippen LogP contribution in [-0.4, -0.2) is 18.2 Å². The van der Waals surface area contributed by atoms with Crippen molar-refractivity contribution in [2.45, 2.75) is 91.4 Å². The average molecular weight is 491 g/mol. The van der Waals surface area contributed by atoms with Crippen molar-refractivity contribution in [3.05, 3.63) is 71.1 Å². The van der Waals surface area contributed by atoms with Crippen LogP contribution in [-0.2, 0) is 16.0 Å². The van der Waals surface area contributed by atoms with E-state index in [0.717, 1.165) is 42.0 Å². The lowest BCUT2D eigenvalue weighted by Gasteiger charge is -2.27. The lowest BCUT2D eigenvalue weighted by Crippen LogP contribution is -2.37. The van der Waals surface area contributed by atoms with Crippen LogP contribution in [0.4, 0.5) is 0 Å². The number of hydrogen-bond acceptors (Lipinski definition) is 3. The molecule has 2 aliphatic rings. The van der Waals surface area contributed by atoms with E-state index in [9.17, 15) is 9.59 Å². The molecule has 1 fully saturated rings. The number of amides is 1. The quantitative estimate of drug-likeness (QED) is 0.351. The zero-order valence-corrected chi connectivity index (χ0v) is 22.8. The lowest BCUT2D eigenvalue weighted by atomic mass is 9.83. The zero-order valence-electron chi connectivity index (χ0n) is 22.8. The van der Waals surface area contributed by atoms with Gasteiger partial charge >= 0.3 is 0 Å². The highest BCUT2D eigenvalue weighted by atomic mass is 16.2. The lowest BCUT2D eigenvalue weighted by molar-refractivity contribution is -0.128. The molecule has 1 atom stereocenters. The maximum Gasteiger partial charge on any atom is 0.227 e. The minimum atomic E-state index is -0.454. The van der Waals surface area contributed by atoms with E-state index in [1.807, 2.05) is 25.3 Å². The van der Waals surface area contributed by atoms with Crippen molar-refractivity contribution < 1.29 is 9.59 Å². The summed E-state index contributed by atoms with van der Waals surface area (Å²) in [5, 5.41) is 6.60. The van der Waals surface area contributed by atoms with Crippen LogP contribution < -0.4 is 10.6 Å². The average Bonchev–Trinajstić information content (AvgIpc) is 3.14. The highest BCUT2D eigenvalue weighted by Crippen LogP contribution is 2.28. The second-order valence-corrected chi connectivity index (χ2v) is 11.3. The van der Waals surface area contributed by atoms with E-state index < -0.39 is 5.92 Å². The van der Waals surface area contributed by atoms with Gasteiger partial charge in [0.1, 0.15) is 5.78 Å². The third-order valence-corrected chi connectivity index (χ3v) is 7.78. The van der Waals surface area contributed by atoms with E-state index in [4.69, 9.17) is 0 Å². The van der Waals surface area contributed by atoms with Gasteiger partial charge in [-0.2, -0.15) is 0 Å². The predicted octanol–water partition coefficient (Wildman–Crippen LogP) is 6.99. The molecule has 36 heavy (non-hydrogen) atoms. The fourth-order valence-corrected chi connectivity index (χ4v) is 5.11. The van der Waals surface area contributed by atoms with Gasteiger partial charge in [-0.15, -0.1) is 0 Å². The van der Waals surface area contributed by atoms with Crippen LogP contribution in [0.25, 0.3) is 0 Å². The van der Waals surface area contributed by atoms with Gasteiger partial charge in [-0.05, 0) is 79.6 Å². The highest BCUT2D eigenvalue weighted by molar-refractivity contribution is 5.89. The summed E-state index contributed by atoms with van der Waals surface area (Å²) in [7, 11) is 0. The minimum Gasteiger partial charge on any atom is -0.365 e. The molecule has 0 bridgehead atoms. The SMILES string of the molecule is C/C(=C\NC1=CC=CCCC1)C(CC(=O)Cc1ccc(C(C)C)cc1)C(=O)NCC1CCC(C)CC1. The van der Waals surface area contributed by atoms with Gasteiger partial charge in [0.25, 0.3) is 0 Å². The molecule has 1 unspecified atom stereocenters. The summed E-state index contributed by atoms with van der Waals surface area (Å²) in [6.45, 7) is 9.33. The Kier molecular flexibility index (Phi) is 11.0. The number of hydrogen-bond donors (Lipinski definition) is 2. The molecule has 0 heterocycles. The van der Waals surface area contributed by atoms with Gasteiger partial charge in [0, 0.05) is 31.3 Å². The fraction of sp³-hybridized carbons (Fsp3) is 0.562. The first-order chi connectivity index (χ1) is 17.3. The van der Waals surface area contributed by atoms with Crippen molar-refractivity contribution in [1.29, 1.82) is 0 Å². The highest BCUT2D eigenvalue weighted by Gasteiger charge is 2.25. The second-order valence-electron chi connectivity index (χ2n) is 11.3. The van der Waals surface area contributed by atoms with Gasteiger partial charge in [-0.1, -0.05) is 70.0 Å². The maximum absolute atomic E-state index is 13.3. The molecule has 4 nitrogen and oxygen atoms in total. The Labute approximate surface area is 218 Å². The Balaban J connectivity index is 1.65. The summed E-state index contributed by atoms with van der Waals surface area (Å²) in [4.78, 5) is 26.4. The molecule has 2 N–H and O–H groups in total. The molecular weight excluding hydrogens is 444 g/mol. The van der Waals surface area contributed by atoms with Crippen molar-refractivity contribution in [1.82, 2.24) is 10.6 Å². The Morgan fingerprint density at radius 1 is 1.08 bits per heavy atom. The number of benzene rings is 1. The maximum atomic E-state index is 13.3. The third kappa shape index (κ3) is 9.11. The minimum absolute atomic E-state index is 0.0255. The molecule has 0 spiro atoms. The molecule has 0 saturated heterocycles. The standard InChI is InChI=1S/C32H46N2O2/c1-23(2)28-17-15-26(16-18-28)19-30(35)20-31(25(4)21-33-29-9-7-5-6-8-10-29)32(36)34-22-27-13-11-24(3)12-14-27/h5,7,9,15-18,21,23-24,27,31,33H,6,8,10-14,19-20,22H2,1-4H3,(H,34,36)/b25-21+. The van der Waals surface area contributed by atoms with E-state index in [1.165, 1.54) is 31.2 Å². The molecular formula is C32H46N2O2. The van der Waals surface area contributed by atoms with Gasteiger partial charge in [-0.25, -0.2) is 0 Å². The van der Waals surface area contributed by atoms with Gasteiger partial charge in [0.15, 0.2) is 0 Å². The number of Topliss-reactive ketones (excluding diaryl/α,β-unsaturated/α-hetero) is 1. The van der Waals surface area contributed by atoms with Gasteiger partial charge in [-0.3, -0.25) is 9.59 Å². The van der Waals surface area contributed by atoms with E-state index in [1.54, 1.807) is 0 Å². The number of carbonyl (C=O) groups is 2. The molecule has 196 valence electrons. The van der Waals surface area contributed by atoms with Crippen molar-refractivity contribution in [2.75, 3.05) is 6.54 Å². The van der Waals surface area contributed by atoms with E-state index >= 15 is 0 Å². The molecule has 0 aromatic heterocycles. The molecule has 1 saturated carbocycles. The van der Waals surface area contributed by atoms with Crippen molar-refractivity contribution in [3.63, 3.8) is 0 Å². The normalized spacial score (nSPS) is 21.5. The van der Waals surface area contributed by atoms with Gasteiger partial charge < -0.3 is 10.6 Å². The summed E-state index contributed by atoms with van der Waals surface area (Å²) in [6.07, 6.45) is 16.9. The Morgan fingerprint density at radius 3 is 2.50 bits per heavy atom. The van der Waals surface area contributed by atoms with E-state index in [0.29, 0.717) is 24.8 Å². The Bertz CT molecular complexity index is 947. The molecule has 4 heteroatoms. The van der Waals surface area contributed by atoms with Crippen LogP contribution in [0.1, 0.15) is 96.1 Å². The van der Waals surface area contributed by atoms with Crippen molar-refractivity contribution in [3.8, 4) is 0 Å². The topological polar surface area (TPSA) is 58.2 Å². The van der Waals surface area contributed by atoms with Crippen molar-refractivity contribution in [2.24, 2.45) is 17.8 Å². The molecule has 1 aromatic carbocycles. The number of carbonyl (C=O) groups excluding carboxylic acids is 2. The molecule has 1 amide bonds. The van der Waals surface area contributed by atoms with Crippen LogP contribution in [0, 0.1) is 17.8 Å². The first kappa shape index (κ1) is 28.0. The monoisotopic (exact) mass is 490 g/mol. The summed E-state index contributed by atoms with van der Waals surface area (Å²) in [5.74, 6) is 1.43. The molecule has 0 aliphatic heterocycles. The smallest absolute Gasteiger partial charge is 0.227 e. The molecule has 1 aromatic rings. The van der Waals surface area contributed by atoms with E-state index in [2.05, 4.69) is 61.8 Å². The second kappa shape index (κ2) is 14.2. The van der Waals surface area contributed by atoms with Crippen LogP contribution >= 0.6 is 0 Å². The number of rotatable bonds is 11. The Morgan fingerprint density at radius 2 is 1.81 bits per heavy atom. The predicted molar refractivity (Wildman–Crippen MR) is 149 cm³/mol. The first-order valence-electron chi connectivity index (χ1n) is 14.0. The summed E-state index contributed by atoms with van der Waals surface area (Å²) in [6, 6.07) is 8.30. The van der Waals surface area contributed by atoms with Crippen LogP contribution in [0.2, 0.25) is 0 Å². The number of nitrogens with one attached hydrogen (secondary N) is 2. The molecule has 2 aliphatic carbocycles. The first-order valence-corrected chi connectivity index (χ1v) is 14.0. The summed E-state index contributed by atoms with van der Waals surface area (Å²) >= 11 is 0. The van der Waals surface area contributed by atoms with E-state index in [-0.39, 0.29) is 18.1 Å². The van der Waals surface area contributed by atoms with Crippen LogP contribution in [0.3, 0.4) is 0 Å². The Hall–Kier alpha value is -2.62. The number of ketones is 1. The zero-order chi connectivity index (χ0) is 25.9. The van der Waals surface area contributed by atoms with Gasteiger partial charge in [0.2, 0.25) is 5.91 Å². The largest absolute Gasteiger partial charge is 0.365 e. The van der Waals surface area contributed by atoms with Crippen LogP contribution in [0.15, 0.2) is 60.0 Å². The van der Waals surface area contributed by atoms with Gasteiger partial charge in [0.05, 0.1) is 5.92 Å². The summed E-state index contributed by atoms with van der Waals surface area (Å²) < 4.78 is 0. The molecule has 0 radical (unpaired) electrons. The van der Waals surface area contributed by atoms with Crippen LogP contribution in [0.5, 0.6) is 0 Å². The molecule has 3 rings (SSSR count). The number of allylic oxidation sites excluding steroid dienone is 4. The fourth-order valence-electron chi connectivity index (χ4n) is 5.11. The third-order valence-electron chi connectivity index (χ3n) is 7.78. The summed E-state index contributed by atoms with van der Waals surface area (Å²) in [5.41, 5.74) is 4.33. The van der Waals surface area contributed by atoms with Crippen molar-refractivity contribution >= 4 is 11.7 Å².